The topological polar surface area (TPSA) is 58.6 Å². The number of amides is 2. The van der Waals surface area contributed by atoms with Crippen LogP contribution in [0.5, 0.6) is 5.75 Å². The van der Waals surface area contributed by atoms with Crippen LogP contribution in [-0.4, -0.2) is 25.5 Å². The predicted octanol–water partition coefficient (Wildman–Crippen LogP) is 4.52. The summed E-state index contributed by atoms with van der Waals surface area (Å²) in [5, 5.41) is 3.00. The molecule has 3 aromatic carbocycles. The first kappa shape index (κ1) is 18.7. The average molecular weight is 386 g/mol. The lowest BCUT2D eigenvalue weighted by atomic mass is 9.98. The van der Waals surface area contributed by atoms with Gasteiger partial charge in [-0.25, -0.2) is 0 Å². The third kappa shape index (κ3) is 3.59. The van der Waals surface area contributed by atoms with Crippen LogP contribution < -0.4 is 15.0 Å². The summed E-state index contributed by atoms with van der Waals surface area (Å²) >= 11 is 0. The standard InChI is InChI=1S/C24H22N2O3/c1-16(27)26-14-13-17-15-18(11-12-22(17)26)25-24(28)21-9-4-3-7-19(21)20-8-5-6-10-23(20)29-2/h3-12,15H,13-14H2,1-2H3,(H,25,28). The molecule has 29 heavy (non-hydrogen) atoms. The Bertz CT molecular complexity index is 1090. The number of ether oxygens (including phenoxy) is 1. The van der Waals surface area contributed by atoms with Crippen molar-refractivity contribution in [3.05, 3.63) is 77.9 Å². The van der Waals surface area contributed by atoms with E-state index in [1.165, 1.54) is 0 Å². The molecule has 0 spiro atoms. The molecule has 4 rings (SSSR count). The summed E-state index contributed by atoms with van der Waals surface area (Å²) in [6.45, 7) is 2.25. The van der Waals surface area contributed by atoms with Crippen LogP contribution in [0, 0.1) is 0 Å². The zero-order valence-electron chi connectivity index (χ0n) is 16.4. The lowest BCUT2D eigenvalue weighted by molar-refractivity contribution is -0.116. The van der Waals surface area contributed by atoms with Crippen molar-refractivity contribution in [1.29, 1.82) is 0 Å². The van der Waals surface area contributed by atoms with Crippen LogP contribution in [0.25, 0.3) is 11.1 Å². The minimum absolute atomic E-state index is 0.0336. The van der Waals surface area contributed by atoms with Gasteiger partial charge in [0.15, 0.2) is 0 Å². The van der Waals surface area contributed by atoms with E-state index in [4.69, 9.17) is 4.74 Å². The van der Waals surface area contributed by atoms with Crippen molar-refractivity contribution in [3.63, 3.8) is 0 Å². The van der Waals surface area contributed by atoms with Gasteiger partial charge < -0.3 is 15.0 Å². The molecule has 1 N–H and O–H groups in total. The molecule has 146 valence electrons. The lowest BCUT2D eigenvalue weighted by Crippen LogP contribution is -2.25. The Morgan fingerprint density at radius 2 is 1.69 bits per heavy atom. The maximum Gasteiger partial charge on any atom is 0.256 e. The number of hydrogen-bond donors (Lipinski definition) is 1. The molecule has 5 heteroatoms. The molecule has 1 heterocycles. The van der Waals surface area contributed by atoms with E-state index in [9.17, 15) is 9.59 Å². The fourth-order valence-corrected chi connectivity index (χ4v) is 3.79. The molecule has 0 saturated heterocycles. The number of nitrogens with zero attached hydrogens (tertiary/aromatic N) is 1. The van der Waals surface area contributed by atoms with Crippen molar-refractivity contribution >= 4 is 23.2 Å². The largest absolute Gasteiger partial charge is 0.496 e. The van der Waals surface area contributed by atoms with Crippen LogP contribution in [0.15, 0.2) is 66.7 Å². The Balaban J connectivity index is 1.63. The first-order valence-corrected chi connectivity index (χ1v) is 9.53. The molecule has 1 aliphatic heterocycles. The maximum atomic E-state index is 13.1. The van der Waals surface area contributed by atoms with Gasteiger partial charge >= 0.3 is 0 Å². The van der Waals surface area contributed by atoms with Crippen LogP contribution in [0.2, 0.25) is 0 Å². The number of carbonyl (C=O) groups is 2. The van der Waals surface area contributed by atoms with E-state index < -0.39 is 0 Å². The molecule has 0 fully saturated rings. The van der Waals surface area contributed by atoms with E-state index in [-0.39, 0.29) is 11.8 Å². The van der Waals surface area contributed by atoms with Crippen LogP contribution in [-0.2, 0) is 11.2 Å². The predicted molar refractivity (Wildman–Crippen MR) is 115 cm³/mol. The second-order valence-electron chi connectivity index (χ2n) is 6.96. The van der Waals surface area contributed by atoms with Gasteiger partial charge in [0, 0.05) is 36.0 Å². The Morgan fingerprint density at radius 1 is 0.966 bits per heavy atom. The number of fused-ring (bicyclic) bond motifs is 1. The minimum atomic E-state index is -0.187. The highest BCUT2D eigenvalue weighted by atomic mass is 16.5. The second-order valence-corrected chi connectivity index (χ2v) is 6.96. The molecule has 2 amide bonds. The SMILES string of the molecule is COc1ccccc1-c1ccccc1C(=O)Nc1ccc2c(c1)CCN2C(C)=O. The number of anilines is 2. The van der Waals surface area contributed by atoms with E-state index in [1.807, 2.05) is 66.7 Å². The summed E-state index contributed by atoms with van der Waals surface area (Å²) in [5.74, 6) is 0.564. The second kappa shape index (κ2) is 7.80. The number of hydrogen-bond acceptors (Lipinski definition) is 3. The zero-order valence-corrected chi connectivity index (χ0v) is 16.4. The highest BCUT2D eigenvalue weighted by molar-refractivity contribution is 6.09. The van der Waals surface area contributed by atoms with E-state index in [1.54, 1.807) is 18.9 Å². The molecule has 1 aliphatic rings. The molecule has 3 aromatic rings. The molecule has 0 bridgehead atoms. The Morgan fingerprint density at radius 3 is 2.45 bits per heavy atom. The third-order valence-corrected chi connectivity index (χ3v) is 5.18. The minimum Gasteiger partial charge on any atom is -0.496 e. The fraction of sp³-hybridized carbons (Fsp3) is 0.167. The molecular weight excluding hydrogens is 364 g/mol. The average Bonchev–Trinajstić information content (AvgIpc) is 3.17. The van der Waals surface area contributed by atoms with E-state index >= 15 is 0 Å². The summed E-state index contributed by atoms with van der Waals surface area (Å²) in [4.78, 5) is 26.6. The number of methoxy groups -OCH3 is 1. The number of benzene rings is 3. The normalized spacial score (nSPS) is 12.4. The van der Waals surface area contributed by atoms with Gasteiger partial charge in [-0.1, -0.05) is 36.4 Å². The first-order chi connectivity index (χ1) is 14.1. The molecule has 0 saturated carbocycles. The quantitative estimate of drug-likeness (QED) is 0.717. The van der Waals surface area contributed by atoms with Crippen molar-refractivity contribution in [3.8, 4) is 16.9 Å². The van der Waals surface area contributed by atoms with Gasteiger partial charge in [-0.2, -0.15) is 0 Å². The van der Waals surface area contributed by atoms with Crippen LogP contribution >= 0.6 is 0 Å². The van der Waals surface area contributed by atoms with Crippen LogP contribution in [0.4, 0.5) is 11.4 Å². The van der Waals surface area contributed by atoms with Gasteiger partial charge in [0.1, 0.15) is 5.75 Å². The summed E-state index contributed by atoms with van der Waals surface area (Å²) in [6, 6.07) is 20.8. The summed E-state index contributed by atoms with van der Waals surface area (Å²) in [7, 11) is 1.62. The van der Waals surface area contributed by atoms with Crippen molar-refractivity contribution in [1.82, 2.24) is 0 Å². The van der Waals surface area contributed by atoms with Gasteiger partial charge in [-0.15, -0.1) is 0 Å². The highest BCUT2D eigenvalue weighted by Gasteiger charge is 2.23. The molecule has 0 radical (unpaired) electrons. The van der Waals surface area contributed by atoms with Crippen LogP contribution in [0.3, 0.4) is 0 Å². The summed E-state index contributed by atoms with van der Waals surface area (Å²) in [6.07, 6.45) is 0.788. The summed E-state index contributed by atoms with van der Waals surface area (Å²) < 4.78 is 5.47. The van der Waals surface area contributed by atoms with Crippen molar-refractivity contribution in [2.45, 2.75) is 13.3 Å². The lowest BCUT2D eigenvalue weighted by Gasteiger charge is -2.16. The monoisotopic (exact) mass is 386 g/mol. The van der Waals surface area contributed by atoms with Gasteiger partial charge in [0.05, 0.1) is 7.11 Å². The number of rotatable bonds is 4. The van der Waals surface area contributed by atoms with Crippen molar-refractivity contribution < 1.29 is 14.3 Å². The number of carbonyl (C=O) groups excluding carboxylic acids is 2. The van der Waals surface area contributed by atoms with Gasteiger partial charge in [0.2, 0.25) is 5.91 Å². The maximum absolute atomic E-state index is 13.1. The van der Waals surface area contributed by atoms with Crippen molar-refractivity contribution in [2.75, 3.05) is 23.9 Å². The van der Waals surface area contributed by atoms with E-state index in [0.717, 1.165) is 34.5 Å². The van der Waals surface area contributed by atoms with Crippen LogP contribution in [0.1, 0.15) is 22.8 Å². The van der Waals surface area contributed by atoms with Gasteiger partial charge in [-0.3, -0.25) is 9.59 Å². The fourth-order valence-electron chi connectivity index (χ4n) is 3.79. The zero-order chi connectivity index (χ0) is 20.4. The van der Waals surface area contributed by atoms with E-state index in [2.05, 4.69) is 5.32 Å². The molecule has 0 aliphatic carbocycles. The third-order valence-electron chi connectivity index (χ3n) is 5.18. The molecule has 0 unspecified atom stereocenters. The van der Waals surface area contributed by atoms with E-state index in [0.29, 0.717) is 17.8 Å². The van der Waals surface area contributed by atoms with Gasteiger partial charge in [-0.05, 0) is 47.9 Å². The molecule has 0 atom stereocenters. The highest BCUT2D eigenvalue weighted by Crippen LogP contribution is 2.33. The van der Waals surface area contributed by atoms with Crippen molar-refractivity contribution in [2.24, 2.45) is 0 Å². The Hall–Kier alpha value is -3.60. The molecule has 5 nitrogen and oxygen atoms in total. The number of nitrogens with one attached hydrogen (secondary N) is 1. The number of para-hydroxylation sites is 1. The first-order valence-electron chi connectivity index (χ1n) is 9.53. The molecular formula is C24H22N2O3. The Kier molecular flexibility index (Phi) is 5.04. The van der Waals surface area contributed by atoms with Gasteiger partial charge in [0.25, 0.3) is 5.91 Å². The summed E-state index contributed by atoms with van der Waals surface area (Å²) in [5.41, 5.74) is 4.95. The Labute approximate surface area is 169 Å². The molecule has 0 aromatic heterocycles. The smallest absolute Gasteiger partial charge is 0.256 e.